The van der Waals surface area contributed by atoms with Crippen molar-refractivity contribution in [2.45, 2.75) is 38.1 Å². The SMILES string of the molecule is CCC(CO)NC(=O)CC(C)(C(=O)O)c1ccccc1. The number of rotatable bonds is 7. The molecule has 3 N–H and O–H groups in total. The number of carbonyl (C=O) groups excluding carboxylic acids is 1. The molecule has 0 radical (unpaired) electrons. The quantitative estimate of drug-likeness (QED) is 0.702. The number of hydrogen-bond donors (Lipinski definition) is 3. The fourth-order valence-corrected chi connectivity index (χ4v) is 1.98. The van der Waals surface area contributed by atoms with Gasteiger partial charge in [-0.3, -0.25) is 9.59 Å². The van der Waals surface area contributed by atoms with Crippen molar-refractivity contribution in [2.24, 2.45) is 0 Å². The molecular weight excluding hydrogens is 258 g/mol. The number of carbonyl (C=O) groups is 2. The van der Waals surface area contributed by atoms with E-state index in [1.165, 1.54) is 6.92 Å². The van der Waals surface area contributed by atoms with Crippen LogP contribution < -0.4 is 5.32 Å². The molecule has 20 heavy (non-hydrogen) atoms. The molecule has 0 aliphatic heterocycles. The van der Waals surface area contributed by atoms with Gasteiger partial charge >= 0.3 is 5.97 Å². The maximum atomic E-state index is 12.0. The first-order valence-corrected chi connectivity index (χ1v) is 6.63. The minimum atomic E-state index is -1.28. The molecule has 0 saturated heterocycles. The van der Waals surface area contributed by atoms with Gasteiger partial charge in [0.15, 0.2) is 0 Å². The fraction of sp³-hybridized carbons (Fsp3) is 0.467. The van der Waals surface area contributed by atoms with Gasteiger partial charge in [0.05, 0.1) is 18.1 Å². The van der Waals surface area contributed by atoms with E-state index in [0.29, 0.717) is 12.0 Å². The summed E-state index contributed by atoms with van der Waals surface area (Å²) in [5.74, 6) is -1.42. The van der Waals surface area contributed by atoms with Crippen LogP contribution in [-0.2, 0) is 15.0 Å². The zero-order valence-electron chi connectivity index (χ0n) is 11.8. The van der Waals surface area contributed by atoms with Crippen molar-refractivity contribution >= 4 is 11.9 Å². The van der Waals surface area contributed by atoms with Gasteiger partial charge in [-0.2, -0.15) is 0 Å². The molecule has 110 valence electrons. The van der Waals surface area contributed by atoms with Crippen molar-refractivity contribution in [1.82, 2.24) is 5.32 Å². The third kappa shape index (κ3) is 3.81. The van der Waals surface area contributed by atoms with Gasteiger partial charge in [0.25, 0.3) is 0 Å². The van der Waals surface area contributed by atoms with E-state index < -0.39 is 11.4 Å². The zero-order valence-corrected chi connectivity index (χ0v) is 11.8. The molecule has 0 spiro atoms. The highest BCUT2D eigenvalue weighted by molar-refractivity contribution is 5.89. The van der Waals surface area contributed by atoms with Crippen LogP contribution in [0.2, 0.25) is 0 Å². The minimum Gasteiger partial charge on any atom is -0.481 e. The van der Waals surface area contributed by atoms with Crippen molar-refractivity contribution in [2.75, 3.05) is 6.61 Å². The average molecular weight is 279 g/mol. The van der Waals surface area contributed by atoms with Crippen LogP contribution in [0, 0.1) is 0 Å². The number of benzene rings is 1. The Morgan fingerprint density at radius 1 is 1.30 bits per heavy atom. The zero-order chi connectivity index (χ0) is 15.2. The summed E-state index contributed by atoms with van der Waals surface area (Å²) in [6, 6.07) is 8.35. The van der Waals surface area contributed by atoms with Gasteiger partial charge in [0.2, 0.25) is 5.91 Å². The number of carboxylic acids is 1. The number of aliphatic carboxylic acids is 1. The van der Waals surface area contributed by atoms with Crippen molar-refractivity contribution in [3.8, 4) is 0 Å². The maximum Gasteiger partial charge on any atom is 0.314 e. The minimum absolute atomic E-state index is 0.155. The highest BCUT2D eigenvalue weighted by Crippen LogP contribution is 2.28. The third-order valence-corrected chi connectivity index (χ3v) is 3.48. The first-order valence-electron chi connectivity index (χ1n) is 6.63. The first kappa shape index (κ1) is 16.2. The predicted octanol–water partition coefficient (Wildman–Crippen LogP) is 1.31. The Bertz CT molecular complexity index is 456. The Balaban J connectivity index is 2.88. The molecule has 5 nitrogen and oxygen atoms in total. The summed E-state index contributed by atoms with van der Waals surface area (Å²) in [7, 11) is 0. The second-order valence-corrected chi connectivity index (χ2v) is 5.04. The summed E-state index contributed by atoms with van der Waals surface area (Å²) in [6.45, 7) is 3.22. The number of amides is 1. The van der Waals surface area contributed by atoms with Gasteiger partial charge in [-0.05, 0) is 18.9 Å². The van der Waals surface area contributed by atoms with Crippen LogP contribution in [-0.4, -0.2) is 34.7 Å². The molecule has 1 aromatic carbocycles. The highest BCUT2D eigenvalue weighted by Gasteiger charge is 2.37. The molecule has 0 aliphatic rings. The van der Waals surface area contributed by atoms with Gasteiger partial charge in [0.1, 0.15) is 0 Å². The number of carboxylic acid groups (broad SMARTS) is 1. The van der Waals surface area contributed by atoms with Gasteiger partial charge in [-0.1, -0.05) is 37.3 Å². The molecule has 1 aromatic rings. The Kier molecular flexibility index (Phi) is 5.70. The Morgan fingerprint density at radius 3 is 2.35 bits per heavy atom. The molecule has 0 aliphatic carbocycles. The van der Waals surface area contributed by atoms with Crippen molar-refractivity contribution in [1.29, 1.82) is 0 Å². The Morgan fingerprint density at radius 2 is 1.90 bits per heavy atom. The molecule has 0 saturated carbocycles. The molecule has 1 rings (SSSR count). The Hall–Kier alpha value is -1.88. The van der Waals surface area contributed by atoms with Crippen LogP contribution in [0.4, 0.5) is 0 Å². The smallest absolute Gasteiger partial charge is 0.314 e. The van der Waals surface area contributed by atoms with Gasteiger partial charge in [-0.15, -0.1) is 0 Å². The predicted molar refractivity (Wildman–Crippen MR) is 75.4 cm³/mol. The Labute approximate surface area is 118 Å². The van der Waals surface area contributed by atoms with Crippen molar-refractivity contribution in [3.63, 3.8) is 0 Å². The summed E-state index contributed by atoms with van der Waals surface area (Å²) >= 11 is 0. The number of nitrogens with one attached hydrogen (secondary N) is 1. The summed E-state index contributed by atoms with van der Waals surface area (Å²) in [6.07, 6.45) is 0.431. The second-order valence-electron chi connectivity index (χ2n) is 5.04. The van der Waals surface area contributed by atoms with E-state index >= 15 is 0 Å². The van der Waals surface area contributed by atoms with Crippen LogP contribution in [0.5, 0.6) is 0 Å². The third-order valence-electron chi connectivity index (χ3n) is 3.48. The van der Waals surface area contributed by atoms with E-state index in [4.69, 9.17) is 5.11 Å². The van der Waals surface area contributed by atoms with Gasteiger partial charge in [0, 0.05) is 6.42 Å². The lowest BCUT2D eigenvalue weighted by atomic mass is 9.79. The van der Waals surface area contributed by atoms with Gasteiger partial charge in [-0.25, -0.2) is 0 Å². The van der Waals surface area contributed by atoms with Crippen LogP contribution in [0.15, 0.2) is 30.3 Å². The van der Waals surface area contributed by atoms with Crippen LogP contribution in [0.3, 0.4) is 0 Å². The average Bonchev–Trinajstić information content (AvgIpc) is 2.45. The normalized spacial score (nSPS) is 15.2. The molecule has 2 atom stereocenters. The van der Waals surface area contributed by atoms with Crippen LogP contribution in [0.25, 0.3) is 0 Å². The summed E-state index contributed by atoms with van der Waals surface area (Å²) in [5.41, 5.74) is -0.696. The van der Waals surface area contributed by atoms with Crippen LogP contribution in [0.1, 0.15) is 32.3 Å². The molecule has 1 amide bonds. The number of aliphatic hydroxyl groups is 1. The van der Waals surface area contributed by atoms with E-state index in [9.17, 15) is 14.7 Å². The molecule has 2 unspecified atom stereocenters. The lowest BCUT2D eigenvalue weighted by Gasteiger charge is -2.26. The second kappa shape index (κ2) is 7.05. The first-order chi connectivity index (χ1) is 9.43. The van der Waals surface area contributed by atoms with Crippen molar-refractivity contribution < 1.29 is 19.8 Å². The molecule has 0 fully saturated rings. The number of hydrogen-bond acceptors (Lipinski definition) is 3. The maximum absolute atomic E-state index is 12.0. The lowest BCUT2D eigenvalue weighted by Crippen LogP contribution is -2.43. The summed E-state index contributed by atoms with van der Waals surface area (Å²) in [4.78, 5) is 23.5. The summed E-state index contributed by atoms with van der Waals surface area (Å²) < 4.78 is 0. The van der Waals surface area contributed by atoms with E-state index in [-0.39, 0.29) is 25.0 Å². The number of aliphatic hydroxyl groups excluding tert-OH is 1. The standard InChI is InChI=1S/C15H21NO4/c1-3-12(10-17)16-13(18)9-15(2,14(19)20)11-7-5-4-6-8-11/h4-8,12,17H,3,9-10H2,1-2H3,(H,16,18)(H,19,20). The van der Waals surface area contributed by atoms with Crippen molar-refractivity contribution in [3.05, 3.63) is 35.9 Å². The molecular formula is C15H21NO4. The van der Waals surface area contributed by atoms with Gasteiger partial charge < -0.3 is 15.5 Å². The summed E-state index contributed by atoms with van der Waals surface area (Å²) in [5, 5.41) is 21.2. The molecule has 5 heteroatoms. The topological polar surface area (TPSA) is 86.6 Å². The largest absolute Gasteiger partial charge is 0.481 e. The fourth-order valence-electron chi connectivity index (χ4n) is 1.98. The van der Waals surface area contributed by atoms with E-state index in [1.54, 1.807) is 30.3 Å². The van der Waals surface area contributed by atoms with E-state index in [2.05, 4.69) is 5.32 Å². The van der Waals surface area contributed by atoms with E-state index in [1.807, 2.05) is 6.92 Å². The molecule has 0 aromatic heterocycles. The molecule has 0 bridgehead atoms. The molecule has 0 heterocycles. The van der Waals surface area contributed by atoms with E-state index in [0.717, 1.165) is 0 Å². The lowest BCUT2D eigenvalue weighted by molar-refractivity contribution is -0.145. The monoisotopic (exact) mass is 279 g/mol. The highest BCUT2D eigenvalue weighted by atomic mass is 16.4. The van der Waals surface area contributed by atoms with Crippen LogP contribution >= 0.6 is 0 Å².